The molecule has 0 spiro atoms. The molecular weight excluding hydrogens is 254 g/mol. The zero-order valence-electron chi connectivity index (χ0n) is 10.5. The van der Waals surface area contributed by atoms with E-state index in [4.69, 9.17) is 0 Å². The molecule has 1 N–H and O–H groups in total. The first kappa shape index (κ1) is 12.0. The molecule has 0 aliphatic carbocycles. The summed E-state index contributed by atoms with van der Waals surface area (Å²) in [6.07, 6.45) is 5.53. The third kappa shape index (κ3) is 2.39. The van der Waals surface area contributed by atoms with Gasteiger partial charge in [-0.05, 0) is 12.1 Å². The number of nitrogens with one attached hydrogen (secondary N) is 1. The first-order valence-electron chi connectivity index (χ1n) is 6.02. The number of aromatic nitrogens is 2. The van der Waals surface area contributed by atoms with Crippen LogP contribution in [-0.2, 0) is 0 Å². The van der Waals surface area contributed by atoms with Gasteiger partial charge in [0.15, 0.2) is 0 Å². The molecule has 94 valence electrons. The van der Waals surface area contributed by atoms with E-state index in [1.807, 2.05) is 31.4 Å². The highest BCUT2D eigenvalue weighted by Gasteiger charge is 2.07. The molecule has 0 bridgehead atoms. The maximum atomic E-state index is 4.47. The third-order valence-corrected chi connectivity index (χ3v) is 3.93. The smallest absolute Gasteiger partial charge is 0.133 e. The number of anilines is 1. The summed E-state index contributed by atoms with van der Waals surface area (Å²) >= 11 is 1.71. The van der Waals surface area contributed by atoms with E-state index < -0.39 is 0 Å². The van der Waals surface area contributed by atoms with Gasteiger partial charge in [0, 0.05) is 46.2 Å². The summed E-state index contributed by atoms with van der Waals surface area (Å²) in [5, 5.41) is 5.49. The van der Waals surface area contributed by atoms with Gasteiger partial charge in [0.05, 0.1) is 0 Å². The molecule has 2 heterocycles. The second-order valence-electron chi connectivity index (χ2n) is 4.05. The second-order valence-corrected chi connectivity index (χ2v) is 5.17. The standard InChI is InChI=1S/C15H13N3S/c1-16-15-13-5-3-2-4-12(13)14(10-18-15)19-11-6-8-17-9-7-11/h2-10H,1H3,(H,16,18). The first-order chi connectivity index (χ1) is 9.38. The Hall–Kier alpha value is -2.07. The topological polar surface area (TPSA) is 37.8 Å². The van der Waals surface area contributed by atoms with Crippen molar-refractivity contribution in [3.8, 4) is 0 Å². The van der Waals surface area contributed by atoms with Gasteiger partial charge in [0.25, 0.3) is 0 Å². The normalized spacial score (nSPS) is 10.6. The van der Waals surface area contributed by atoms with E-state index in [0.717, 1.165) is 16.1 Å². The van der Waals surface area contributed by atoms with Crippen molar-refractivity contribution >= 4 is 28.4 Å². The van der Waals surface area contributed by atoms with Crippen LogP contribution in [0.5, 0.6) is 0 Å². The molecule has 1 aromatic carbocycles. The minimum Gasteiger partial charge on any atom is -0.373 e. The van der Waals surface area contributed by atoms with Gasteiger partial charge in [-0.2, -0.15) is 0 Å². The van der Waals surface area contributed by atoms with E-state index in [1.54, 1.807) is 24.2 Å². The highest BCUT2D eigenvalue weighted by Crippen LogP contribution is 2.34. The highest BCUT2D eigenvalue weighted by atomic mass is 32.2. The van der Waals surface area contributed by atoms with E-state index in [2.05, 4.69) is 33.5 Å². The average molecular weight is 267 g/mol. The van der Waals surface area contributed by atoms with Gasteiger partial charge in [-0.25, -0.2) is 4.98 Å². The van der Waals surface area contributed by atoms with Gasteiger partial charge in [0.1, 0.15) is 5.82 Å². The predicted molar refractivity (Wildman–Crippen MR) is 79.6 cm³/mol. The molecule has 19 heavy (non-hydrogen) atoms. The van der Waals surface area contributed by atoms with Crippen LogP contribution in [0.25, 0.3) is 10.8 Å². The number of hydrogen-bond acceptors (Lipinski definition) is 4. The van der Waals surface area contributed by atoms with Crippen LogP contribution in [0, 0.1) is 0 Å². The van der Waals surface area contributed by atoms with Gasteiger partial charge in [-0.15, -0.1) is 0 Å². The van der Waals surface area contributed by atoms with Crippen molar-refractivity contribution in [2.75, 3.05) is 12.4 Å². The van der Waals surface area contributed by atoms with E-state index in [-0.39, 0.29) is 0 Å². The Bertz CT molecular complexity index is 698. The van der Waals surface area contributed by atoms with E-state index in [9.17, 15) is 0 Å². The monoisotopic (exact) mass is 267 g/mol. The Morgan fingerprint density at radius 2 is 1.74 bits per heavy atom. The van der Waals surface area contributed by atoms with Gasteiger partial charge in [-0.1, -0.05) is 36.0 Å². The van der Waals surface area contributed by atoms with Gasteiger partial charge in [-0.3, -0.25) is 4.98 Å². The van der Waals surface area contributed by atoms with Crippen molar-refractivity contribution in [1.29, 1.82) is 0 Å². The minimum atomic E-state index is 0.912. The van der Waals surface area contributed by atoms with Crippen LogP contribution in [-0.4, -0.2) is 17.0 Å². The number of rotatable bonds is 3. The molecule has 0 aliphatic rings. The molecule has 3 rings (SSSR count). The Balaban J connectivity index is 2.10. The molecule has 0 saturated heterocycles. The van der Waals surface area contributed by atoms with Crippen molar-refractivity contribution in [3.63, 3.8) is 0 Å². The second kappa shape index (κ2) is 5.28. The summed E-state index contributed by atoms with van der Waals surface area (Å²) in [7, 11) is 1.89. The molecule has 3 aromatic rings. The molecule has 0 aliphatic heterocycles. The summed E-state index contributed by atoms with van der Waals surface area (Å²) in [5.41, 5.74) is 0. The fraction of sp³-hybridized carbons (Fsp3) is 0.0667. The molecule has 4 heteroatoms. The van der Waals surface area contributed by atoms with Gasteiger partial charge in [0.2, 0.25) is 0 Å². The Morgan fingerprint density at radius 3 is 2.47 bits per heavy atom. The minimum absolute atomic E-state index is 0.912. The van der Waals surface area contributed by atoms with Crippen molar-refractivity contribution in [2.24, 2.45) is 0 Å². The summed E-state index contributed by atoms with van der Waals surface area (Å²) in [6.45, 7) is 0. The lowest BCUT2D eigenvalue weighted by molar-refractivity contribution is 1.24. The number of benzene rings is 1. The molecule has 0 fully saturated rings. The lowest BCUT2D eigenvalue weighted by atomic mass is 10.1. The lowest BCUT2D eigenvalue weighted by Gasteiger charge is -2.09. The van der Waals surface area contributed by atoms with Crippen LogP contribution in [0.4, 0.5) is 5.82 Å². The van der Waals surface area contributed by atoms with Crippen molar-refractivity contribution < 1.29 is 0 Å². The number of fused-ring (bicyclic) bond motifs is 1. The van der Waals surface area contributed by atoms with Crippen LogP contribution in [0.3, 0.4) is 0 Å². The van der Waals surface area contributed by atoms with Gasteiger partial charge >= 0.3 is 0 Å². The van der Waals surface area contributed by atoms with E-state index in [1.165, 1.54) is 10.3 Å². The maximum Gasteiger partial charge on any atom is 0.133 e. The lowest BCUT2D eigenvalue weighted by Crippen LogP contribution is -1.94. The van der Waals surface area contributed by atoms with Crippen LogP contribution in [0.1, 0.15) is 0 Å². The fourth-order valence-electron chi connectivity index (χ4n) is 1.98. The Labute approximate surface area is 116 Å². The Morgan fingerprint density at radius 1 is 1.00 bits per heavy atom. The number of hydrogen-bond donors (Lipinski definition) is 1. The fourth-order valence-corrected chi connectivity index (χ4v) is 2.89. The zero-order valence-corrected chi connectivity index (χ0v) is 11.3. The van der Waals surface area contributed by atoms with Crippen molar-refractivity contribution in [1.82, 2.24) is 9.97 Å². The van der Waals surface area contributed by atoms with Crippen molar-refractivity contribution in [3.05, 3.63) is 55.0 Å². The quantitative estimate of drug-likeness (QED) is 0.782. The summed E-state index contributed by atoms with van der Waals surface area (Å²) in [4.78, 5) is 10.8. The molecule has 0 saturated carbocycles. The molecule has 2 aromatic heterocycles. The maximum absolute atomic E-state index is 4.47. The predicted octanol–water partition coefficient (Wildman–Crippen LogP) is 3.82. The zero-order chi connectivity index (χ0) is 13.1. The SMILES string of the molecule is CNc1ncc(Sc2ccncc2)c2ccccc12. The Kier molecular flexibility index (Phi) is 3.33. The molecule has 0 unspecified atom stereocenters. The van der Waals surface area contributed by atoms with Gasteiger partial charge < -0.3 is 5.32 Å². The summed E-state index contributed by atoms with van der Waals surface area (Å²) in [6, 6.07) is 12.3. The molecule has 3 nitrogen and oxygen atoms in total. The van der Waals surface area contributed by atoms with Crippen LogP contribution < -0.4 is 5.32 Å². The average Bonchev–Trinajstić information content (AvgIpc) is 2.49. The van der Waals surface area contributed by atoms with E-state index in [0.29, 0.717) is 0 Å². The van der Waals surface area contributed by atoms with Crippen LogP contribution in [0.2, 0.25) is 0 Å². The summed E-state index contributed by atoms with van der Waals surface area (Å²) < 4.78 is 0. The third-order valence-electron chi connectivity index (χ3n) is 2.87. The van der Waals surface area contributed by atoms with Crippen LogP contribution >= 0.6 is 11.8 Å². The number of pyridine rings is 2. The van der Waals surface area contributed by atoms with E-state index >= 15 is 0 Å². The van der Waals surface area contributed by atoms with Crippen LogP contribution in [0.15, 0.2) is 64.8 Å². The molecule has 0 atom stereocenters. The molecular formula is C15H13N3S. The molecule has 0 radical (unpaired) electrons. The largest absolute Gasteiger partial charge is 0.373 e. The first-order valence-corrected chi connectivity index (χ1v) is 6.83. The van der Waals surface area contributed by atoms with Crippen molar-refractivity contribution in [2.45, 2.75) is 9.79 Å². The summed E-state index contributed by atoms with van der Waals surface area (Å²) in [5.74, 6) is 0.912. The molecule has 0 amide bonds. The number of nitrogens with zero attached hydrogens (tertiary/aromatic N) is 2. The highest BCUT2D eigenvalue weighted by molar-refractivity contribution is 7.99.